The molecule has 0 atom stereocenters. The lowest BCUT2D eigenvalue weighted by Gasteiger charge is -2.23. The highest BCUT2D eigenvalue weighted by Crippen LogP contribution is 2.20. The minimum Gasteiger partial charge on any atom is -0.398 e. The van der Waals surface area contributed by atoms with Crippen LogP contribution in [0.5, 0.6) is 0 Å². The number of unbranched alkanes of at least 4 members (excludes halogenated alkanes) is 4. The quantitative estimate of drug-likeness (QED) is 0.528. The van der Waals surface area contributed by atoms with Crippen molar-refractivity contribution in [2.45, 2.75) is 52.4 Å². The van der Waals surface area contributed by atoms with Crippen LogP contribution in [0, 0.1) is 0 Å². The SMILES string of the molecule is CCCCCN(CCCCC)C(=O)c1ccc(Cl)c(N)c1. The molecule has 1 aromatic rings. The molecule has 1 rings (SSSR count). The zero-order chi connectivity index (χ0) is 15.7. The molecule has 4 heteroatoms. The van der Waals surface area contributed by atoms with E-state index in [-0.39, 0.29) is 5.91 Å². The first kappa shape index (κ1) is 17.8. The summed E-state index contributed by atoms with van der Waals surface area (Å²) in [7, 11) is 0. The zero-order valence-electron chi connectivity index (χ0n) is 13.2. The number of carbonyl (C=O) groups is 1. The Bertz CT molecular complexity index is 438. The van der Waals surface area contributed by atoms with E-state index in [2.05, 4.69) is 13.8 Å². The minimum atomic E-state index is 0.0607. The van der Waals surface area contributed by atoms with Gasteiger partial charge in [0, 0.05) is 18.7 Å². The Morgan fingerprint density at radius 2 is 1.67 bits per heavy atom. The van der Waals surface area contributed by atoms with Crippen molar-refractivity contribution in [2.24, 2.45) is 0 Å². The first-order valence-corrected chi connectivity index (χ1v) is 8.32. The molecule has 3 nitrogen and oxygen atoms in total. The number of hydrogen-bond acceptors (Lipinski definition) is 2. The van der Waals surface area contributed by atoms with Crippen LogP contribution in [0.15, 0.2) is 18.2 Å². The fourth-order valence-electron chi connectivity index (χ4n) is 2.28. The van der Waals surface area contributed by atoms with Gasteiger partial charge in [0.2, 0.25) is 0 Å². The van der Waals surface area contributed by atoms with Crippen molar-refractivity contribution >= 4 is 23.2 Å². The van der Waals surface area contributed by atoms with Crippen LogP contribution in [0.4, 0.5) is 5.69 Å². The second kappa shape index (κ2) is 9.67. The highest BCUT2D eigenvalue weighted by Gasteiger charge is 2.15. The van der Waals surface area contributed by atoms with Crippen LogP contribution in [0.2, 0.25) is 5.02 Å². The summed E-state index contributed by atoms with van der Waals surface area (Å²) >= 11 is 5.92. The van der Waals surface area contributed by atoms with E-state index in [0.717, 1.165) is 51.6 Å². The molecule has 0 heterocycles. The summed E-state index contributed by atoms with van der Waals surface area (Å²) in [6.07, 6.45) is 6.73. The predicted octanol–water partition coefficient (Wildman–Crippen LogP) is 4.74. The number of benzene rings is 1. The Morgan fingerprint density at radius 1 is 1.10 bits per heavy atom. The summed E-state index contributed by atoms with van der Waals surface area (Å²) in [5.74, 6) is 0.0607. The molecule has 1 amide bonds. The fourth-order valence-corrected chi connectivity index (χ4v) is 2.40. The maximum absolute atomic E-state index is 12.6. The van der Waals surface area contributed by atoms with Crippen molar-refractivity contribution in [3.63, 3.8) is 0 Å². The summed E-state index contributed by atoms with van der Waals surface area (Å²) in [5, 5.41) is 0.495. The molecule has 118 valence electrons. The van der Waals surface area contributed by atoms with Gasteiger partial charge in [-0.2, -0.15) is 0 Å². The molecule has 0 aliphatic rings. The first-order chi connectivity index (χ1) is 10.1. The molecule has 0 aromatic heterocycles. The van der Waals surface area contributed by atoms with Gasteiger partial charge in [-0.05, 0) is 31.0 Å². The van der Waals surface area contributed by atoms with E-state index in [4.69, 9.17) is 17.3 Å². The van der Waals surface area contributed by atoms with Gasteiger partial charge in [0.1, 0.15) is 0 Å². The first-order valence-electron chi connectivity index (χ1n) is 7.94. The smallest absolute Gasteiger partial charge is 0.253 e. The molecule has 0 saturated heterocycles. The van der Waals surface area contributed by atoms with Gasteiger partial charge in [-0.1, -0.05) is 51.1 Å². The molecule has 0 spiro atoms. The molecule has 1 aromatic carbocycles. The molecule has 0 aliphatic carbocycles. The number of anilines is 1. The summed E-state index contributed by atoms with van der Waals surface area (Å²) in [6.45, 7) is 5.98. The second-order valence-corrected chi connectivity index (χ2v) is 5.85. The van der Waals surface area contributed by atoms with E-state index >= 15 is 0 Å². The molecule has 0 saturated carbocycles. The monoisotopic (exact) mass is 310 g/mol. The number of hydrogen-bond donors (Lipinski definition) is 1. The largest absolute Gasteiger partial charge is 0.398 e. The van der Waals surface area contributed by atoms with Gasteiger partial charge in [0.25, 0.3) is 5.91 Å². The molecular formula is C17H27ClN2O. The molecule has 0 radical (unpaired) electrons. The van der Waals surface area contributed by atoms with Crippen LogP contribution in [-0.4, -0.2) is 23.9 Å². The summed E-state index contributed by atoms with van der Waals surface area (Å²) in [6, 6.07) is 5.13. The van der Waals surface area contributed by atoms with Gasteiger partial charge in [-0.15, -0.1) is 0 Å². The topological polar surface area (TPSA) is 46.3 Å². The van der Waals surface area contributed by atoms with Crippen LogP contribution in [0.1, 0.15) is 62.7 Å². The van der Waals surface area contributed by atoms with Crippen LogP contribution in [-0.2, 0) is 0 Å². The number of nitrogens with two attached hydrogens (primary N) is 1. The van der Waals surface area contributed by atoms with Gasteiger partial charge in [-0.25, -0.2) is 0 Å². The van der Waals surface area contributed by atoms with Crippen molar-refractivity contribution < 1.29 is 4.79 Å². The Morgan fingerprint density at radius 3 is 2.14 bits per heavy atom. The van der Waals surface area contributed by atoms with E-state index < -0.39 is 0 Å². The van der Waals surface area contributed by atoms with Gasteiger partial charge >= 0.3 is 0 Å². The lowest BCUT2D eigenvalue weighted by molar-refractivity contribution is 0.0749. The second-order valence-electron chi connectivity index (χ2n) is 5.44. The minimum absolute atomic E-state index is 0.0607. The van der Waals surface area contributed by atoms with Crippen molar-refractivity contribution in [3.05, 3.63) is 28.8 Å². The highest BCUT2D eigenvalue weighted by atomic mass is 35.5. The average Bonchev–Trinajstić information content (AvgIpc) is 2.48. The van der Waals surface area contributed by atoms with E-state index in [0.29, 0.717) is 16.3 Å². The lowest BCUT2D eigenvalue weighted by atomic mass is 10.1. The van der Waals surface area contributed by atoms with Crippen molar-refractivity contribution in [1.82, 2.24) is 4.90 Å². The molecule has 0 bridgehead atoms. The third-order valence-corrected chi connectivity index (χ3v) is 3.94. The van der Waals surface area contributed by atoms with Crippen LogP contribution in [0.3, 0.4) is 0 Å². The molecular weight excluding hydrogens is 284 g/mol. The maximum atomic E-state index is 12.6. The van der Waals surface area contributed by atoms with Crippen LogP contribution >= 0.6 is 11.6 Å². The molecule has 2 N–H and O–H groups in total. The zero-order valence-corrected chi connectivity index (χ0v) is 14.0. The van der Waals surface area contributed by atoms with Gasteiger partial charge in [0.15, 0.2) is 0 Å². The van der Waals surface area contributed by atoms with Gasteiger partial charge in [0.05, 0.1) is 10.7 Å². The van der Waals surface area contributed by atoms with Crippen LogP contribution in [0.25, 0.3) is 0 Å². The third kappa shape index (κ3) is 5.96. The van der Waals surface area contributed by atoms with Crippen LogP contribution < -0.4 is 5.73 Å². The van der Waals surface area contributed by atoms with Gasteiger partial charge in [-0.3, -0.25) is 4.79 Å². The Labute approximate surface area is 133 Å². The predicted molar refractivity (Wildman–Crippen MR) is 90.8 cm³/mol. The Balaban J connectivity index is 2.73. The number of rotatable bonds is 9. The molecule has 0 unspecified atom stereocenters. The van der Waals surface area contributed by atoms with Crippen molar-refractivity contribution in [2.75, 3.05) is 18.8 Å². The van der Waals surface area contributed by atoms with Gasteiger partial charge < -0.3 is 10.6 Å². The summed E-state index contributed by atoms with van der Waals surface area (Å²) in [5.41, 5.74) is 6.89. The maximum Gasteiger partial charge on any atom is 0.253 e. The number of amides is 1. The van der Waals surface area contributed by atoms with E-state index in [1.165, 1.54) is 0 Å². The summed E-state index contributed by atoms with van der Waals surface area (Å²) in [4.78, 5) is 14.6. The third-order valence-electron chi connectivity index (χ3n) is 3.59. The van der Waals surface area contributed by atoms with E-state index in [1.54, 1.807) is 18.2 Å². The number of halogens is 1. The van der Waals surface area contributed by atoms with Crippen molar-refractivity contribution in [1.29, 1.82) is 0 Å². The lowest BCUT2D eigenvalue weighted by Crippen LogP contribution is -2.33. The van der Waals surface area contributed by atoms with Crippen molar-refractivity contribution in [3.8, 4) is 0 Å². The molecule has 0 fully saturated rings. The molecule has 0 aliphatic heterocycles. The number of carbonyl (C=O) groups excluding carboxylic acids is 1. The standard InChI is InChI=1S/C17H27ClN2O/c1-3-5-7-11-20(12-8-6-4-2)17(21)14-9-10-15(18)16(19)13-14/h9-10,13H,3-8,11-12,19H2,1-2H3. The van der Waals surface area contributed by atoms with E-state index in [9.17, 15) is 4.79 Å². The normalized spacial score (nSPS) is 10.6. The summed E-state index contributed by atoms with van der Waals surface area (Å²) < 4.78 is 0. The molecule has 21 heavy (non-hydrogen) atoms. The number of nitrogen functional groups attached to an aromatic ring is 1. The number of nitrogens with zero attached hydrogens (tertiary/aromatic N) is 1. The van der Waals surface area contributed by atoms with E-state index in [1.807, 2.05) is 4.90 Å². The average molecular weight is 311 g/mol. The Kier molecular flexibility index (Phi) is 8.21. The highest BCUT2D eigenvalue weighted by molar-refractivity contribution is 6.33. The Hall–Kier alpha value is -1.22. The fraction of sp³-hybridized carbons (Fsp3) is 0.588.